The molecule has 0 radical (unpaired) electrons. The number of rotatable bonds is 7. The number of carbonyl (C=O) groups excluding carboxylic acids is 1. The Hall–Kier alpha value is -2.32. The van der Waals surface area contributed by atoms with Crippen molar-refractivity contribution in [1.82, 2.24) is 10.2 Å². The summed E-state index contributed by atoms with van der Waals surface area (Å²) >= 11 is 2.74. The van der Waals surface area contributed by atoms with E-state index in [4.69, 9.17) is 9.15 Å². The van der Waals surface area contributed by atoms with Gasteiger partial charge in [0, 0.05) is 0 Å². The maximum absolute atomic E-state index is 12.4. The van der Waals surface area contributed by atoms with E-state index in [0.29, 0.717) is 29.2 Å². The molecule has 1 atom stereocenters. The predicted molar refractivity (Wildman–Crippen MR) is 99.2 cm³/mol. The quantitative estimate of drug-likeness (QED) is 0.620. The monoisotopic (exact) mass is 375 g/mol. The fourth-order valence-electron chi connectivity index (χ4n) is 2.05. The number of carbonyl (C=O) groups is 1. The molecule has 0 saturated heterocycles. The van der Waals surface area contributed by atoms with Gasteiger partial charge in [-0.25, -0.2) is 0 Å². The highest BCUT2D eigenvalue weighted by Crippen LogP contribution is 2.30. The van der Waals surface area contributed by atoms with Crippen molar-refractivity contribution in [3.8, 4) is 16.5 Å². The zero-order valence-corrected chi connectivity index (χ0v) is 15.4. The van der Waals surface area contributed by atoms with Crippen molar-refractivity contribution < 1.29 is 13.9 Å². The van der Waals surface area contributed by atoms with Crippen LogP contribution in [0.5, 0.6) is 5.75 Å². The number of thiophene rings is 1. The molecule has 130 valence electrons. The Morgan fingerprint density at radius 3 is 2.92 bits per heavy atom. The number of nitrogens with one attached hydrogen (secondary N) is 1. The Labute approximate surface area is 153 Å². The molecule has 0 spiro atoms. The highest BCUT2D eigenvalue weighted by molar-refractivity contribution is 8.00. The van der Waals surface area contributed by atoms with Gasteiger partial charge in [0.25, 0.3) is 11.1 Å². The van der Waals surface area contributed by atoms with Gasteiger partial charge in [0.05, 0.1) is 22.4 Å². The highest BCUT2D eigenvalue weighted by Gasteiger charge is 2.20. The van der Waals surface area contributed by atoms with Crippen LogP contribution in [0.4, 0.5) is 5.69 Å². The molecule has 2 heterocycles. The molecule has 1 aromatic carbocycles. The molecular weight excluding hydrogens is 358 g/mol. The van der Waals surface area contributed by atoms with Gasteiger partial charge in [-0.05, 0) is 37.4 Å². The van der Waals surface area contributed by atoms with E-state index < -0.39 is 5.25 Å². The Balaban J connectivity index is 1.63. The first-order chi connectivity index (χ1) is 12.2. The smallest absolute Gasteiger partial charge is 0.277 e. The normalized spacial score (nSPS) is 11.9. The molecule has 3 rings (SSSR count). The Morgan fingerprint density at radius 1 is 1.32 bits per heavy atom. The van der Waals surface area contributed by atoms with E-state index in [2.05, 4.69) is 15.5 Å². The first-order valence-corrected chi connectivity index (χ1v) is 9.50. The summed E-state index contributed by atoms with van der Waals surface area (Å²) in [6, 6.07) is 11.2. The molecule has 0 aliphatic heterocycles. The summed E-state index contributed by atoms with van der Waals surface area (Å²) in [5.41, 5.74) is 0.645. The van der Waals surface area contributed by atoms with Crippen molar-refractivity contribution in [2.45, 2.75) is 24.3 Å². The van der Waals surface area contributed by atoms with Gasteiger partial charge in [-0.15, -0.1) is 21.5 Å². The van der Waals surface area contributed by atoms with Crippen LogP contribution >= 0.6 is 23.1 Å². The zero-order valence-electron chi connectivity index (χ0n) is 13.8. The summed E-state index contributed by atoms with van der Waals surface area (Å²) in [5.74, 6) is 0.952. The van der Waals surface area contributed by atoms with Crippen molar-refractivity contribution >= 4 is 34.7 Å². The number of hydrogen-bond donors (Lipinski definition) is 1. The molecule has 0 unspecified atom stereocenters. The second-order valence-corrected chi connectivity index (χ2v) is 7.27. The lowest BCUT2D eigenvalue weighted by molar-refractivity contribution is -0.115. The van der Waals surface area contributed by atoms with Gasteiger partial charge >= 0.3 is 0 Å². The number of aromatic nitrogens is 2. The first kappa shape index (κ1) is 17.5. The van der Waals surface area contributed by atoms with Gasteiger partial charge < -0.3 is 14.5 Å². The van der Waals surface area contributed by atoms with Gasteiger partial charge in [0.2, 0.25) is 5.91 Å². The van der Waals surface area contributed by atoms with E-state index in [1.807, 2.05) is 48.7 Å². The number of anilines is 1. The summed E-state index contributed by atoms with van der Waals surface area (Å²) in [6.07, 6.45) is 0. The Kier molecular flexibility index (Phi) is 5.72. The summed E-state index contributed by atoms with van der Waals surface area (Å²) in [4.78, 5) is 13.3. The Bertz CT molecular complexity index is 833. The third kappa shape index (κ3) is 4.40. The fraction of sp³-hybridized carbons (Fsp3) is 0.235. The minimum absolute atomic E-state index is 0.159. The zero-order chi connectivity index (χ0) is 17.6. The van der Waals surface area contributed by atoms with E-state index in [-0.39, 0.29) is 5.91 Å². The average Bonchev–Trinajstić information content (AvgIpc) is 3.28. The van der Waals surface area contributed by atoms with Crippen molar-refractivity contribution in [3.63, 3.8) is 0 Å². The van der Waals surface area contributed by atoms with Crippen molar-refractivity contribution in [2.75, 3.05) is 11.9 Å². The molecule has 8 heteroatoms. The molecule has 2 aromatic heterocycles. The molecule has 0 aliphatic rings. The summed E-state index contributed by atoms with van der Waals surface area (Å²) < 4.78 is 11.1. The van der Waals surface area contributed by atoms with Crippen LogP contribution in [-0.2, 0) is 4.79 Å². The Morgan fingerprint density at radius 2 is 2.16 bits per heavy atom. The maximum Gasteiger partial charge on any atom is 0.277 e. The lowest BCUT2D eigenvalue weighted by Gasteiger charge is -2.13. The van der Waals surface area contributed by atoms with Gasteiger partial charge in [0.1, 0.15) is 5.75 Å². The summed E-state index contributed by atoms with van der Waals surface area (Å²) in [5, 5.41) is 12.8. The van der Waals surface area contributed by atoms with Crippen LogP contribution in [0.25, 0.3) is 10.8 Å². The van der Waals surface area contributed by atoms with E-state index in [9.17, 15) is 4.79 Å². The van der Waals surface area contributed by atoms with Gasteiger partial charge in [-0.1, -0.05) is 30.0 Å². The fourth-order valence-corrected chi connectivity index (χ4v) is 3.38. The maximum atomic E-state index is 12.4. The molecule has 1 amide bonds. The third-order valence-electron chi connectivity index (χ3n) is 3.23. The number of thioether (sulfide) groups is 1. The average molecular weight is 375 g/mol. The number of hydrogen-bond acceptors (Lipinski definition) is 7. The van der Waals surface area contributed by atoms with E-state index in [0.717, 1.165) is 4.88 Å². The van der Waals surface area contributed by atoms with E-state index in [1.165, 1.54) is 23.1 Å². The van der Waals surface area contributed by atoms with E-state index >= 15 is 0 Å². The minimum atomic E-state index is -0.397. The molecule has 0 aliphatic carbocycles. The molecule has 6 nitrogen and oxygen atoms in total. The lowest BCUT2D eigenvalue weighted by atomic mass is 10.3. The van der Waals surface area contributed by atoms with Crippen LogP contribution in [0.3, 0.4) is 0 Å². The number of benzene rings is 1. The van der Waals surface area contributed by atoms with Crippen LogP contribution in [0, 0.1) is 0 Å². The number of para-hydroxylation sites is 2. The topological polar surface area (TPSA) is 77.2 Å². The highest BCUT2D eigenvalue weighted by atomic mass is 32.2. The second-order valence-electron chi connectivity index (χ2n) is 5.03. The van der Waals surface area contributed by atoms with Crippen LogP contribution in [-0.4, -0.2) is 28.0 Å². The third-order valence-corrected chi connectivity index (χ3v) is 5.02. The largest absolute Gasteiger partial charge is 0.492 e. The summed E-state index contributed by atoms with van der Waals surface area (Å²) in [7, 11) is 0. The summed E-state index contributed by atoms with van der Waals surface area (Å²) in [6.45, 7) is 4.22. The number of ether oxygens (including phenoxy) is 1. The van der Waals surface area contributed by atoms with Crippen molar-refractivity contribution in [2.24, 2.45) is 0 Å². The van der Waals surface area contributed by atoms with Crippen LogP contribution in [0.2, 0.25) is 0 Å². The van der Waals surface area contributed by atoms with Crippen LogP contribution in [0.15, 0.2) is 51.4 Å². The molecule has 3 aromatic rings. The molecular formula is C17H17N3O3S2. The van der Waals surface area contributed by atoms with Gasteiger partial charge in [-0.2, -0.15) is 0 Å². The van der Waals surface area contributed by atoms with Crippen molar-refractivity contribution in [1.29, 1.82) is 0 Å². The van der Waals surface area contributed by atoms with Crippen LogP contribution in [0.1, 0.15) is 13.8 Å². The molecule has 0 saturated carbocycles. The van der Waals surface area contributed by atoms with Crippen molar-refractivity contribution in [3.05, 3.63) is 41.8 Å². The molecule has 1 N–H and O–H groups in total. The van der Waals surface area contributed by atoms with Gasteiger partial charge in [-0.3, -0.25) is 4.79 Å². The van der Waals surface area contributed by atoms with E-state index in [1.54, 1.807) is 6.92 Å². The molecule has 25 heavy (non-hydrogen) atoms. The SMILES string of the molecule is CCOc1ccccc1NC(=O)[C@H](C)Sc1nnc(-c2cccs2)o1. The molecule has 0 bridgehead atoms. The van der Waals surface area contributed by atoms with Gasteiger partial charge in [0.15, 0.2) is 0 Å². The minimum Gasteiger partial charge on any atom is -0.492 e. The standard InChI is InChI=1S/C17H17N3O3S2/c1-3-22-13-8-5-4-7-12(13)18-15(21)11(2)25-17-20-19-16(23-17)14-9-6-10-24-14/h4-11H,3H2,1-2H3,(H,18,21)/t11-/m0/s1. The number of amides is 1. The van der Waals surface area contributed by atoms with Crippen LogP contribution < -0.4 is 10.1 Å². The predicted octanol–water partition coefficient (Wildman–Crippen LogP) is 4.32. The number of nitrogens with zero attached hydrogens (tertiary/aromatic N) is 2. The lowest BCUT2D eigenvalue weighted by Crippen LogP contribution is -2.22. The second kappa shape index (κ2) is 8.17. The molecule has 0 fully saturated rings. The first-order valence-electron chi connectivity index (χ1n) is 7.74.